The van der Waals surface area contributed by atoms with Gasteiger partial charge in [0.15, 0.2) is 0 Å². The van der Waals surface area contributed by atoms with Crippen LogP contribution in [0.25, 0.3) is 0 Å². The number of anilines is 1. The number of nitrogens with one attached hydrogen (secondary N) is 2. The van der Waals surface area contributed by atoms with Gasteiger partial charge >= 0.3 is 0 Å². The third-order valence-corrected chi connectivity index (χ3v) is 3.44. The second-order valence-corrected chi connectivity index (χ2v) is 6.00. The zero-order valence-corrected chi connectivity index (χ0v) is 11.8. The van der Waals surface area contributed by atoms with Crippen molar-refractivity contribution in [2.24, 2.45) is 0 Å². The highest BCUT2D eigenvalue weighted by Gasteiger charge is 2.20. The molecule has 1 heterocycles. The largest absolute Gasteiger partial charge is 0.496 e. The summed E-state index contributed by atoms with van der Waals surface area (Å²) in [5.41, 5.74) is 2.53. The highest BCUT2D eigenvalue weighted by atomic mass is 16.5. The lowest BCUT2D eigenvalue weighted by atomic mass is 9.86. The Balaban J connectivity index is 2.22. The Morgan fingerprint density at radius 1 is 1.33 bits per heavy atom. The summed E-state index contributed by atoms with van der Waals surface area (Å²) < 4.78 is 5.46. The molecule has 0 saturated carbocycles. The van der Waals surface area contributed by atoms with Crippen molar-refractivity contribution in [3.05, 3.63) is 23.8 Å². The summed E-state index contributed by atoms with van der Waals surface area (Å²) in [5, 5.41) is 6.96. The van der Waals surface area contributed by atoms with Crippen molar-refractivity contribution in [1.82, 2.24) is 5.32 Å². The van der Waals surface area contributed by atoms with Gasteiger partial charge in [0.2, 0.25) is 0 Å². The van der Waals surface area contributed by atoms with Gasteiger partial charge < -0.3 is 15.4 Å². The first kappa shape index (κ1) is 13.2. The van der Waals surface area contributed by atoms with Gasteiger partial charge in [-0.25, -0.2) is 0 Å². The van der Waals surface area contributed by atoms with Crippen molar-refractivity contribution < 1.29 is 4.74 Å². The molecule has 1 aliphatic rings. The smallest absolute Gasteiger partial charge is 0.122 e. The van der Waals surface area contributed by atoms with Gasteiger partial charge in [-0.2, -0.15) is 0 Å². The van der Waals surface area contributed by atoms with Gasteiger partial charge in [0.1, 0.15) is 5.75 Å². The highest BCUT2D eigenvalue weighted by molar-refractivity contribution is 5.54. The van der Waals surface area contributed by atoms with Crippen LogP contribution >= 0.6 is 0 Å². The van der Waals surface area contributed by atoms with Crippen LogP contribution in [0.2, 0.25) is 0 Å². The minimum absolute atomic E-state index is 0.0942. The molecule has 0 amide bonds. The van der Waals surface area contributed by atoms with E-state index in [1.165, 1.54) is 17.7 Å². The Bertz CT molecular complexity index is 403. The first-order chi connectivity index (χ1) is 8.50. The molecule has 18 heavy (non-hydrogen) atoms. The second kappa shape index (κ2) is 5.19. The second-order valence-electron chi connectivity index (χ2n) is 6.00. The lowest BCUT2D eigenvalue weighted by Gasteiger charge is -2.24. The summed E-state index contributed by atoms with van der Waals surface area (Å²) in [6.07, 6.45) is 1.19. The molecule has 1 atom stereocenters. The lowest BCUT2D eigenvalue weighted by Crippen LogP contribution is -2.22. The van der Waals surface area contributed by atoms with Crippen molar-refractivity contribution in [2.45, 2.75) is 38.6 Å². The van der Waals surface area contributed by atoms with E-state index in [9.17, 15) is 0 Å². The van der Waals surface area contributed by atoms with Crippen molar-refractivity contribution in [2.75, 3.05) is 25.5 Å². The molecule has 0 radical (unpaired) electrons. The van der Waals surface area contributed by atoms with E-state index in [1.54, 1.807) is 7.11 Å². The molecule has 2 N–H and O–H groups in total. The van der Waals surface area contributed by atoms with Crippen molar-refractivity contribution >= 4 is 5.69 Å². The van der Waals surface area contributed by atoms with E-state index < -0.39 is 0 Å². The van der Waals surface area contributed by atoms with E-state index in [0.29, 0.717) is 6.04 Å². The van der Waals surface area contributed by atoms with Gasteiger partial charge in [-0.3, -0.25) is 0 Å². The molecule has 1 unspecified atom stereocenters. The summed E-state index contributed by atoms with van der Waals surface area (Å²) in [6, 6.07) is 6.93. The van der Waals surface area contributed by atoms with Crippen molar-refractivity contribution in [1.29, 1.82) is 0 Å². The fourth-order valence-electron chi connectivity index (χ4n) is 2.40. The van der Waals surface area contributed by atoms with Crippen molar-refractivity contribution in [3.8, 4) is 5.75 Å². The van der Waals surface area contributed by atoms with Crippen LogP contribution in [0, 0.1) is 0 Å². The van der Waals surface area contributed by atoms with Crippen LogP contribution in [0.3, 0.4) is 0 Å². The molecule has 0 spiro atoms. The molecule has 0 aliphatic carbocycles. The SMILES string of the molecule is COc1ccc(NC2CCNC2)cc1C(C)(C)C. The van der Waals surface area contributed by atoms with E-state index in [0.717, 1.165) is 18.8 Å². The predicted octanol–water partition coefficient (Wildman–Crippen LogP) is 2.77. The average molecular weight is 248 g/mol. The number of rotatable bonds is 3. The van der Waals surface area contributed by atoms with Crippen LogP contribution < -0.4 is 15.4 Å². The van der Waals surface area contributed by atoms with E-state index in [4.69, 9.17) is 4.74 Å². The maximum atomic E-state index is 5.46. The van der Waals surface area contributed by atoms with E-state index in [-0.39, 0.29) is 5.41 Å². The molecule has 0 bridgehead atoms. The standard InChI is InChI=1S/C15H24N2O/c1-15(2,3)13-9-11(5-6-14(13)18-4)17-12-7-8-16-10-12/h5-6,9,12,16-17H,7-8,10H2,1-4H3. The van der Waals surface area contributed by atoms with E-state index >= 15 is 0 Å². The summed E-state index contributed by atoms with van der Waals surface area (Å²) in [5.74, 6) is 0.970. The zero-order valence-electron chi connectivity index (χ0n) is 11.8. The number of hydrogen-bond donors (Lipinski definition) is 2. The van der Waals surface area contributed by atoms with Crippen molar-refractivity contribution in [3.63, 3.8) is 0 Å². The van der Waals surface area contributed by atoms with Gasteiger partial charge in [0.25, 0.3) is 0 Å². The molecule has 100 valence electrons. The van der Waals surface area contributed by atoms with Crippen LogP contribution in [0.15, 0.2) is 18.2 Å². The number of benzene rings is 1. The normalized spacial score (nSPS) is 19.9. The minimum Gasteiger partial charge on any atom is -0.496 e. The Labute approximate surface area is 110 Å². The molecule has 1 aromatic carbocycles. The molecule has 1 aromatic rings. The molecule has 1 fully saturated rings. The Kier molecular flexibility index (Phi) is 3.81. The maximum absolute atomic E-state index is 5.46. The van der Waals surface area contributed by atoms with Gasteiger partial charge in [0.05, 0.1) is 7.11 Å². The fraction of sp³-hybridized carbons (Fsp3) is 0.600. The Hall–Kier alpha value is -1.22. The molecule has 3 nitrogen and oxygen atoms in total. The third kappa shape index (κ3) is 2.96. The van der Waals surface area contributed by atoms with Gasteiger partial charge in [-0.15, -0.1) is 0 Å². The third-order valence-electron chi connectivity index (χ3n) is 3.44. The highest BCUT2D eigenvalue weighted by Crippen LogP contribution is 2.33. The van der Waals surface area contributed by atoms with Crippen LogP contribution in [-0.4, -0.2) is 26.2 Å². The maximum Gasteiger partial charge on any atom is 0.122 e. The van der Waals surface area contributed by atoms with Crippen LogP contribution in [0.5, 0.6) is 5.75 Å². The summed E-state index contributed by atoms with van der Waals surface area (Å²) in [7, 11) is 1.73. The number of hydrogen-bond acceptors (Lipinski definition) is 3. The first-order valence-corrected chi connectivity index (χ1v) is 6.66. The summed E-state index contributed by atoms with van der Waals surface area (Å²) in [4.78, 5) is 0. The molecular formula is C15H24N2O. The monoisotopic (exact) mass is 248 g/mol. The quantitative estimate of drug-likeness (QED) is 0.863. The average Bonchev–Trinajstić information content (AvgIpc) is 2.80. The van der Waals surface area contributed by atoms with E-state index in [2.05, 4.69) is 49.6 Å². The van der Waals surface area contributed by atoms with Gasteiger partial charge in [-0.1, -0.05) is 20.8 Å². The summed E-state index contributed by atoms with van der Waals surface area (Å²) in [6.45, 7) is 8.81. The lowest BCUT2D eigenvalue weighted by molar-refractivity contribution is 0.397. The number of ether oxygens (including phenoxy) is 1. The molecule has 0 aromatic heterocycles. The molecule has 1 saturated heterocycles. The fourth-order valence-corrected chi connectivity index (χ4v) is 2.40. The molecule has 1 aliphatic heterocycles. The van der Waals surface area contributed by atoms with E-state index in [1.807, 2.05) is 0 Å². The minimum atomic E-state index is 0.0942. The van der Waals surface area contributed by atoms with Gasteiger partial charge in [0, 0.05) is 23.8 Å². The Morgan fingerprint density at radius 2 is 2.11 bits per heavy atom. The topological polar surface area (TPSA) is 33.3 Å². The van der Waals surface area contributed by atoms with Crippen LogP contribution in [0.4, 0.5) is 5.69 Å². The molecule has 2 rings (SSSR count). The van der Waals surface area contributed by atoms with Crippen LogP contribution in [-0.2, 0) is 5.41 Å². The molecular weight excluding hydrogens is 224 g/mol. The van der Waals surface area contributed by atoms with Gasteiger partial charge in [-0.05, 0) is 36.6 Å². The summed E-state index contributed by atoms with van der Waals surface area (Å²) >= 11 is 0. The first-order valence-electron chi connectivity index (χ1n) is 6.66. The van der Waals surface area contributed by atoms with Crippen LogP contribution in [0.1, 0.15) is 32.8 Å². The molecule has 3 heteroatoms. The predicted molar refractivity (Wildman–Crippen MR) is 76.6 cm³/mol. The Morgan fingerprint density at radius 3 is 2.67 bits per heavy atom. The zero-order chi connectivity index (χ0) is 13.2. The number of methoxy groups -OCH3 is 1.